The van der Waals surface area contributed by atoms with Crippen molar-refractivity contribution in [2.75, 3.05) is 5.32 Å². The Labute approximate surface area is 117 Å². The van der Waals surface area contributed by atoms with Crippen LogP contribution < -0.4 is 5.32 Å². The molecular weight excluding hydrogens is 252 g/mol. The molecule has 0 saturated heterocycles. The van der Waals surface area contributed by atoms with Crippen molar-refractivity contribution in [1.29, 1.82) is 0 Å². The Morgan fingerprint density at radius 1 is 1.25 bits per heavy atom. The molecule has 0 amide bonds. The van der Waals surface area contributed by atoms with Crippen LogP contribution in [0.1, 0.15) is 24.4 Å². The third-order valence-electron chi connectivity index (χ3n) is 3.26. The molecule has 1 N–H and O–H groups in total. The SMILES string of the molecule is Cc1nccn1-c1ncccc1NC(C)c1ccoc1. The van der Waals surface area contributed by atoms with Gasteiger partial charge in [-0.25, -0.2) is 9.97 Å². The second-order valence-corrected chi connectivity index (χ2v) is 4.64. The van der Waals surface area contributed by atoms with Crippen LogP contribution in [-0.4, -0.2) is 14.5 Å². The zero-order valence-electron chi connectivity index (χ0n) is 11.4. The van der Waals surface area contributed by atoms with E-state index in [1.165, 1.54) is 0 Å². The first-order chi connectivity index (χ1) is 9.75. The lowest BCUT2D eigenvalue weighted by Gasteiger charge is -2.17. The quantitative estimate of drug-likeness (QED) is 0.788. The molecule has 0 spiro atoms. The van der Waals surface area contributed by atoms with Gasteiger partial charge in [0.2, 0.25) is 0 Å². The molecule has 1 atom stereocenters. The van der Waals surface area contributed by atoms with Crippen LogP contribution in [-0.2, 0) is 0 Å². The van der Waals surface area contributed by atoms with Crippen molar-refractivity contribution in [2.45, 2.75) is 19.9 Å². The molecule has 0 radical (unpaired) electrons. The van der Waals surface area contributed by atoms with Crippen LogP contribution in [0.5, 0.6) is 0 Å². The third kappa shape index (κ3) is 2.30. The summed E-state index contributed by atoms with van der Waals surface area (Å²) in [5.41, 5.74) is 2.06. The number of aromatic nitrogens is 3. The maximum absolute atomic E-state index is 5.12. The fraction of sp³-hybridized carbons (Fsp3) is 0.200. The Balaban J connectivity index is 1.93. The van der Waals surface area contributed by atoms with Crippen LogP contribution in [0.4, 0.5) is 5.69 Å². The molecule has 3 rings (SSSR count). The van der Waals surface area contributed by atoms with Crippen LogP contribution in [0, 0.1) is 6.92 Å². The Kier molecular flexibility index (Phi) is 3.25. The molecule has 5 heteroatoms. The fourth-order valence-electron chi connectivity index (χ4n) is 2.14. The van der Waals surface area contributed by atoms with Crippen molar-refractivity contribution < 1.29 is 4.42 Å². The summed E-state index contributed by atoms with van der Waals surface area (Å²) in [6, 6.07) is 6.02. The molecule has 102 valence electrons. The molecule has 3 aromatic heterocycles. The van der Waals surface area contributed by atoms with E-state index in [1.54, 1.807) is 24.9 Å². The molecule has 0 saturated carbocycles. The van der Waals surface area contributed by atoms with E-state index < -0.39 is 0 Å². The normalized spacial score (nSPS) is 12.3. The van der Waals surface area contributed by atoms with Crippen molar-refractivity contribution >= 4 is 5.69 Å². The van der Waals surface area contributed by atoms with Crippen molar-refractivity contribution in [3.05, 3.63) is 60.7 Å². The predicted octanol–water partition coefficient (Wildman–Crippen LogP) is 3.34. The molecule has 0 aromatic carbocycles. The van der Waals surface area contributed by atoms with Gasteiger partial charge in [0.1, 0.15) is 5.82 Å². The summed E-state index contributed by atoms with van der Waals surface area (Å²) >= 11 is 0. The number of nitrogens with zero attached hydrogens (tertiary/aromatic N) is 3. The first kappa shape index (κ1) is 12.5. The smallest absolute Gasteiger partial charge is 0.161 e. The average molecular weight is 268 g/mol. The highest BCUT2D eigenvalue weighted by molar-refractivity contribution is 5.58. The van der Waals surface area contributed by atoms with Gasteiger partial charge < -0.3 is 9.73 Å². The number of nitrogens with one attached hydrogen (secondary N) is 1. The number of aryl methyl sites for hydroxylation is 1. The highest BCUT2D eigenvalue weighted by Crippen LogP contribution is 2.24. The van der Waals surface area contributed by atoms with Gasteiger partial charge in [0.15, 0.2) is 5.82 Å². The minimum Gasteiger partial charge on any atom is -0.472 e. The van der Waals surface area contributed by atoms with Crippen LogP contribution in [0.2, 0.25) is 0 Å². The minimum absolute atomic E-state index is 0.139. The lowest BCUT2D eigenvalue weighted by molar-refractivity contribution is 0.562. The Morgan fingerprint density at radius 2 is 2.15 bits per heavy atom. The number of pyridine rings is 1. The molecule has 5 nitrogen and oxygen atoms in total. The van der Waals surface area contributed by atoms with Gasteiger partial charge in [-0.15, -0.1) is 0 Å². The Hall–Kier alpha value is -2.56. The first-order valence-corrected chi connectivity index (χ1v) is 6.49. The van der Waals surface area contributed by atoms with Crippen molar-refractivity contribution in [3.63, 3.8) is 0 Å². The molecule has 3 aromatic rings. The maximum Gasteiger partial charge on any atom is 0.161 e. The van der Waals surface area contributed by atoms with Crippen LogP contribution in [0.25, 0.3) is 5.82 Å². The molecule has 0 aliphatic rings. The van der Waals surface area contributed by atoms with Gasteiger partial charge in [-0.05, 0) is 32.0 Å². The highest BCUT2D eigenvalue weighted by Gasteiger charge is 2.12. The standard InChI is InChI=1S/C15H16N4O/c1-11(13-5-9-20-10-13)18-14-4-3-6-17-15(14)19-8-7-16-12(19)2/h3-11,18H,1-2H3. The summed E-state index contributed by atoms with van der Waals surface area (Å²) in [7, 11) is 0. The fourth-order valence-corrected chi connectivity index (χ4v) is 2.14. The molecule has 20 heavy (non-hydrogen) atoms. The summed E-state index contributed by atoms with van der Waals surface area (Å²) in [5, 5.41) is 3.46. The minimum atomic E-state index is 0.139. The van der Waals surface area contributed by atoms with Gasteiger partial charge in [-0.1, -0.05) is 0 Å². The number of imidazole rings is 1. The third-order valence-corrected chi connectivity index (χ3v) is 3.26. The lowest BCUT2D eigenvalue weighted by atomic mass is 10.2. The predicted molar refractivity (Wildman–Crippen MR) is 76.8 cm³/mol. The average Bonchev–Trinajstić information content (AvgIpc) is 3.10. The van der Waals surface area contributed by atoms with Gasteiger partial charge >= 0.3 is 0 Å². The van der Waals surface area contributed by atoms with Gasteiger partial charge in [-0.3, -0.25) is 4.57 Å². The van der Waals surface area contributed by atoms with Gasteiger partial charge in [-0.2, -0.15) is 0 Å². The lowest BCUT2D eigenvalue weighted by Crippen LogP contribution is -2.10. The number of hydrogen-bond acceptors (Lipinski definition) is 4. The topological polar surface area (TPSA) is 55.9 Å². The summed E-state index contributed by atoms with van der Waals surface area (Å²) in [4.78, 5) is 8.70. The van der Waals surface area contributed by atoms with Crippen molar-refractivity contribution in [2.24, 2.45) is 0 Å². The maximum atomic E-state index is 5.12. The van der Waals surface area contributed by atoms with Crippen molar-refractivity contribution in [3.8, 4) is 5.82 Å². The second kappa shape index (κ2) is 5.21. The van der Waals surface area contributed by atoms with Crippen LogP contribution in [0.3, 0.4) is 0 Å². The molecule has 0 aliphatic carbocycles. The van der Waals surface area contributed by atoms with E-state index in [0.717, 1.165) is 22.9 Å². The summed E-state index contributed by atoms with van der Waals surface area (Å²) in [6.07, 6.45) is 8.88. The first-order valence-electron chi connectivity index (χ1n) is 6.49. The zero-order valence-corrected chi connectivity index (χ0v) is 11.4. The van der Waals surface area contributed by atoms with E-state index in [2.05, 4.69) is 22.2 Å². The number of anilines is 1. The van der Waals surface area contributed by atoms with E-state index in [9.17, 15) is 0 Å². The van der Waals surface area contributed by atoms with Crippen LogP contribution in [0.15, 0.2) is 53.7 Å². The van der Waals surface area contributed by atoms with E-state index in [-0.39, 0.29) is 6.04 Å². The largest absolute Gasteiger partial charge is 0.472 e. The van der Waals surface area contributed by atoms with Crippen LogP contribution >= 0.6 is 0 Å². The highest BCUT2D eigenvalue weighted by atomic mass is 16.3. The molecule has 3 heterocycles. The Bertz CT molecular complexity index is 687. The zero-order chi connectivity index (χ0) is 13.9. The molecular formula is C15H16N4O. The van der Waals surface area contributed by atoms with E-state index in [0.29, 0.717) is 0 Å². The van der Waals surface area contributed by atoms with Gasteiger partial charge in [0.05, 0.1) is 24.3 Å². The molecule has 1 unspecified atom stereocenters. The Morgan fingerprint density at radius 3 is 2.85 bits per heavy atom. The summed E-state index contributed by atoms with van der Waals surface area (Å²) < 4.78 is 7.09. The summed E-state index contributed by atoms with van der Waals surface area (Å²) in [6.45, 7) is 4.04. The molecule has 0 bridgehead atoms. The van der Waals surface area contributed by atoms with Gasteiger partial charge in [0, 0.05) is 24.2 Å². The number of furan rings is 1. The monoisotopic (exact) mass is 268 g/mol. The van der Waals surface area contributed by atoms with E-state index in [1.807, 2.05) is 35.9 Å². The summed E-state index contributed by atoms with van der Waals surface area (Å²) in [5.74, 6) is 1.75. The number of hydrogen-bond donors (Lipinski definition) is 1. The van der Waals surface area contributed by atoms with E-state index >= 15 is 0 Å². The molecule has 0 aliphatic heterocycles. The second-order valence-electron chi connectivity index (χ2n) is 4.64. The van der Waals surface area contributed by atoms with Gasteiger partial charge in [0.25, 0.3) is 0 Å². The number of rotatable bonds is 4. The van der Waals surface area contributed by atoms with E-state index in [4.69, 9.17) is 4.42 Å². The molecule has 0 fully saturated rings. The van der Waals surface area contributed by atoms with Crippen molar-refractivity contribution in [1.82, 2.24) is 14.5 Å².